The molecule has 8 nitrogen and oxygen atoms in total. The Labute approximate surface area is 117 Å². The number of unbranched alkanes of at least 4 members (excludes halogenated alkanes) is 1. The number of rotatable bonds is 9. The monoisotopic (exact) mass is 301 g/mol. The van der Waals surface area contributed by atoms with Crippen molar-refractivity contribution >= 4 is 35.3 Å². The number of carbonyl (C=O) groups excluding carboxylic acids is 2. The number of carbonyl (C=O) groups is 2. The Morgan fingerprint density at radius 2 is 1.95 bits per heavy atom. The van der Waals surface area contributed by atoms with Crippen LogP contribution < -0.4 is 16.2 Å². The molecular formula is C11H15N3O5S. The molecule has 1 atom stereocenters. The highest BCUT2D eigenvalue weighted by atomic mass is 32.2. The minimum Gasteiger partial charge on any atom is -0.327 e. The predicted molar refractivity (Wildman–Crippen MR) is 74.9 cm³/mol. The lowest BCUT2D eigenvalue weighted by atomic mass is 10.3. The summed E-state index contributed by atoms with van der Waals surface area (Å²) >= 11 is -1.85. The number of amides is 2. The van der Waals surface area contributed by atoms with Crippen LogP contribution in [0.1, 0.15) is 12.8 Å². The van der Waals surface area contributed by atoms with Gasteiger partial charge in [-0.05, 0) is 18.9 Å². The molecular weight excluding hydrogens is 286 g/mol. The van der Waals surface area contributed by atoms with Crippen LogP contribution in [0.2, 0.25) is 0 Å². The summed E-state index contributed by atoms with van der Waals surface area (Å²) in [6, 6.07) is 1.35. The first-order chi connectivity index (χ1) is 9.58. The summed E-state index contributed by atoms with van der Waals surface area (Å²) in [4.78, 5) is 32.8. The van der Waals surface area contributed by atoms with E-state index in [2.05, 4.69) is 10.6 Å². The molecule has 0 aliphatic carbocycles. The Balaban J connectivity index is 2.86. The quantitative estimate of drug-likeness (QED) is 0.337. The van der Waals surface area contributed by atoms with Gasteiger partial charge in [0.05, 0.1) is 5.69 Å². The number of aryl methyl sites for hydroxylation is 1. The van der Waals surface area contributed by atoms with Gasteiger partial charge in [-0.15, -0.1) is 0 Å². The van der Waals surface area contributed by atoms with E-state index in [1.165, 1.54) is 16.8 Å². The summed E-state index contributed by atoms with van der Waals surface area (Å²) in [5.41, 5.74) is 0.0194. The first-order valence-electron chi connectivity index (χ1n) is 5.80. The molecule has 0 spiro atoms. The molecule has 3 N–H and O–H groups in total. The highest BCUT2D eigenvalue weighted by Gasteiger charge is 2.06. The molecule has 0 aliphatic heterocycles. The fourth-order valence-electron chi connectivity index (χ4n) is 1.62. The molecule has 0 aromatic carbocycles. The van der Waals surface area contributed by atoms with Crippen molar-refractivity contribution in [3.05, 3.63) is 22.6 Å². The van der Waals surface area contributed by atoms with Gasteiger partial charge in [-0.25, -0.2) is 4.21 Å². The van der Waals surface area contributed by atoms with Crippen LogP contribution in [0.15, 0.2) is 17.1 Å². The van der Waals surface area contributed by atoms with Crippen LogP contribution in [-0.2, 0) is 27.2 Å². The van der Waals surface area contributed by atoms with Crippen molar-refractivity contribution in [1.82, 2.24) is 4.57 Å². The lowest BCUT2D eigenvalue weighted by Gasteiger charge is -2.10. The molecule has 110 valence electrons. The molecule has 0 bridgehead atoms. The SMILES string of the molecule is O=CNc1cc(NC=O)c(=O)n(CCCCS(=O)O)c1. The van der Waals surface area contributed by atoms with E-state index in [0.717, 1.165) is 0 Å². The van der Waals surface area contributed by atoms with Gasteiger partial charge in [0.1, 0.15) is 5.69 Å². The first-order valence-corrected chi connectivity index (χ1v) is 7.08. The molecule has 1 heterocycles. The van der Waals surface area contributed by atoms with E-state index in [1.54, 1.807) is 0 Å². The van der Waals surface area contributed by atoms with Crippen molar-refractivity contribution in [2.75, 3.05) is 16.4 Å². The van der Waals surface area contributed by atoms with Gasteiger partial charge < -0.3 is 19.8 Å². The third-order valence-corrected chi connectivity index (χ3v) is 3.13. The summed E-state index contributed by atoms with van der Waals surface area (Å²) in [6.07, 6.45) is 3.29. The van der Waals surface area contributed by atoms with E-state index in [9.17, 15) is 18.6 Å². The highest BCUT2D eigenvalue weighted by Crippen LogP contribution is 2.10. The number of hydrogen-bond donors (Lipinski definition) is 3. The molecule has 1 aromatic rings. The Hall–Kier alpha value is -2.00. The van der Waals surface area contributed by atoms with Crippen molar-refractivity contribution in [1.29, 1.82) is 0 Å². The molecule has 20 heavy (non-hydrogen) atoms. The third-order valence-electron chi connectivity index (χ3n) is 2.49. The Kier molecular flexibility index (Phi) is 6.60. The van der Waals surface area contributed by atoms with Gasteiger partial charge >= 0.3 is 0 Å². The van der Waals surface area contributed by atoms with Gasteiger partial charge in [0.25, 0.3) is 5.56 Å². The fraction of sp³-hybridized carbons (Fsp3) is 0.364. The number of nitrogens with one attached hydrogen (secondary N) is 2. The minimum atomic E-state index is -1.85. The molecule has 9 heteroatoms. The number of pyridine rings is 1. The topological polar surface area (TPSA) is 118 Å². The summed E-state index contributed by atoms with van der Waals surface area (Å²) < 4.78 is 20.5. The van der Waals surface area contributed by atoms with E-state index >= 15 is 0 Å². The summed E-state index contributed by atoms with van der Waals surface area (Å²) in [6.45, 7) is 0.317. The van der Waals surface area contributed by atoms with Gasteiger partial charge in [-0.3, -0.25) is 14.4 Å². The Morgan fingerprint density at radius 1 is 1.25 bits per heavy atom. The second-order valence-electron chi connectivity index (χ2n) is 3.90. The lowest BCUT2D eigenvalue weighted by molar-refractivity contribution is -0.106. The van der Waals surface area contributed by atoms with Gasteiger partial charge in [-0.2, -0.15) is 0 Å². The van der Waals surface area contributed by atoms with Gasteiger partial charge in [0, 0.05) is 18.5 Å². The largest absolute Gasteiger partial charge is 0.327 e. The van der Waals surface area contributed by atoms with Crippen LogP contribution in [0.5, 0.6) is 0 Å². The lowest BCUT2D eigenvalue weighted by Crippen LogP contribution is -2.23. The third kappa shape index (κ3) is 4.94. The van der Waals surface area contributed by atoms with Crippen molar-refractivity contribution in [2.24, 2.45) is 0 Å². The zero-order valence-corrected chi connectivity index (χ0v) is 11.4. The number of anilines is 2. The average Bonchev–Trinajstić information content (AvgIpc) is 2.39. The predicted octanol–water partition coefficient (Wildman–Crippen LogP) is -0.0132. The highest BCUT2D eigenvalue weighted by molar-refractivity contribution is 7.79. The zero-order valence-electron chi connectivity index (χ0n) is 10.6. The maximum absolute atomic E-state index is 12.0. The van der Waals surface area contributed by atoms with Crippen molar-refractivity contribution in [3.63, 3.8) is 0 Å². The van der Waals surface area contributed by atoms with Crippen LogP contribution in [0.3, 0.4) is 0 Å². The molecule has 1 unspecified atom stereocenters. The molecule has 0 saturated carbocycles. The van der Waals surface area contributed by atoms with Crippen LogP contribution in [0, 0.1) is 0 Å². The van der Waals surface area contributed by atoms with Gasteiger partial charge in [-0.1, -0.05) is 0 Å². The van der Waals surface area contributed by atoms with E-state index in [1.807, 2.05) is 0 Å². The summed E-state index contributed by atoms with van der Waals surface area (Å²) in [7, 11) is 0. The number of nitrogens with zero attached hydrogens (tertiary/aromatic N) is 1. The molecule has 0 saturated heterocycles. The van der Waals surface area contributed by atoms with Crippen molar-refractivity contribution in [2.45, 2.75) is 19.4 Å². The second-order valence-corrected chi connectivity index (χ2v) is 4.95. The molecule has 0 radical (unpaired) electrons. The van der Waals surface area contributed by atoms with Crippen molar-refractivity contribution in [3.8, 4) is 0 Å². The number of hydrogen-bond acceptors (Lipinski definition) is 4. The van der Waals surface area contributed by atoms with E-state index in [4.69, 9.17) is 4.55 Å². The smallest absolute Gasteiger partial charge is 0.274 e. The average molecular weight is 301 g/mol. The van der Waals surface area contributed by atoms with Crippen LogP contribution in [0.4, 0.5) is 11.4 Å². The first kappa shape index (κ1) is 16.1. The Bertz CT molecular complexity index is 557. The minimum absolute atomic E-state index is 0.0533. The molecule has 0 aliphatic rings. The van der Waals surface area contributed by atoms with E-state index < -0.39 is 16.6 Å². The molecule has 2 amide bonds. The van der Waals surface area contributed by atoms with Crippen LogP contribution in [0.25, 0.3) is 0 Å². The van der Waals surface area contributed by atoms with E-state index in [0.29, 0.717) is 37.9 Å². The van der Waals surface area contributed by atoms with Crippen molar-refractivity contribution < 1.29 is 18.4 Å². The Morgan fingerprint density at radius 3 is 2.55 bits per heavy atom. The van der Waals surface area contributed by atoms with Crippen LogP contribution >= 0.6 is 0 Å². The summed E-state index contributed by atoms with van der Waals surface area (Å²) in [5.74, 6) is 0.139. The number of aromatic nitrogens is 1. The maximum atomic E-state index is 12.0. The molecule has 0 fully saturated rings. The maximum Gasteiger partial charge on any atom is 0.274 e. The normalized spacial score (nSPS) is 11.7. The second kappa shape index (κ2) is 8.23. The molecule has 1 rings (SSSR count). The van der Waals surface area contributed by atoms with Crippen LogP contribution in [-0.4, -0.2) is 31.9 Å². The van der Waals surface area contributed by atoms with Gasteiger partial charge in [0.15, 0.2) is 11.1 Å². The molecule has 1 aromatic heterocycles. The van der Waals surface area contributed by atoms with E-state index in [-0.39, 0.29) is 11.4 Å². The standard InChI is InChI=1S/C11H15N3O5S/c15-7-12-9-5-10(13-8-16)11(17)14(6-9)3-1-2-4-20(18)19/h5-8H,1-4H2,(H,12,15)(H,13,16)(H,18,19). The van der Waals surface area contributed by atoms with Gasteiger partial charge in [0.2, 0.25) is 12.8 Å². The zero-order chi connectivity index (χ0) is 15.0. The fourth-order valence-corrected chi connectivity index (χ4v) is 2.07. The summed E-state index contributed by atoms with van der Waals surface area (Å²) in [5, 5.41) is 4.66.